The van der Waals surface area contributed by atoms with Gasteiger partial charge in [0.05, 0.1) is 32.3 Å². The molecule has 7 nitrogen and oxygen atoms in total. The third-order valence-electron chi connectivity index (χ3n) is 3.80. The van der Waals surface area contributed by atoms with Crippen LogP contribution in [-0.4, -0.2) is 53.5 Å². The predicted molar refractivity (Wildman–Crippen MR) is 83.8 cm³/mol. The van der Waals surface area contributed by atoms with E-state index in [0.717, 1.165) is 6.42 Å². The molecule has 1 saturated heterocycles. The summed E-state index contributed by atoms with van der Waals surface area (Å²) in [5.41, 5.74) is 0. The van der Waals surface area contributed by atoms with Crippen molar-refractivity contribution in [1.82, 2.24) is 15.1 Å². The maximum absolute atomic E-state index is 12.5. The van der Waals surface area contributed by atoms with Crippen molar-refractivity contribution in [3.05, 3.63) is 11.8 Å². The van der Waals surface area contributed by atoms with E-state index in [-0.39, 0.29) is 18.1 Å². The zero-order chi connectivity index (χ0) is 16.8. The molecule has 0 radical (unpaired) electrons. The van der Waals surface area contributed by atoms with E-state index in [9.17, 15) is 4.79 Å². The van der Waals surface area contributed by atoms with Crippen LogP contribution in [0.15, 0.2) is 4.42 Å². The van der Waals surface area contributed by atoms with Crippen molar-refractivity contribution < 1.29 is 18.7 Å². The molecule has 1 fully saturated rings. The van der Waals surface area contributed by atoms with Gasteiger partial charge in [0, 0.05) is 13.5 Å². The van der Waals surface area contributed by atoms with Crippen LogP contribution in [0.5, 0.6) is 0 Å². The summed E-state index contributed by atoms with van der Waals surface area (Å²) in [7, 11) is 0. The Morgan fingerprint density at radius 1 is 1.39 bits per heavy atom. The zero-order valence-electron chi connectivity index (χ0n) is 14.4. The van der Waals surface area contributed by atoms with E-state index in [4.69, 9.17) is 13.9 Å². The Bertz CT molecular complexity index is 503. The molecule has 0 aromatic carbocycles. The monoisotopic (exact) mass is 325 g/mol. The standard InChI is InChI=1S/C16H27N3O4/c1-11(2)9-12(3)22-7-5-15(20)19-6-8-21-10-14(19)16-18-17-13(4)23-16/h11-12,14H,5-10H2,1-4H3/t12-,14+/m0/s1. The van der Waals surface area contributed by atoms with Crippen molar-refractivity contribution >= 4 is 5.91 Å². The lowest BCUT2D eigenvalue weighted by molar-refractivity contribution is -0.142. The first kappa shape index (κ1) is 17.9. The summed E-state index contributed by atoms with van der Waals surface area (Å²) in [6.45, 7) is 9.98. The summed E-state index contributed by atoms with van der Waals surface area (Å²) in [6, 6.07) is -0.300. The molecule has 2 atom stereocenters. The topological polar surface area (TPSA) is 77.7 Å². The number of rotatable bonds is 7. The van der Waals surface area contributed by atoms with Crippen LogP contribution in [0.25, 0.3) is 0 Å². The third kappa shape index (κ3) is 5.28. The molecular formula is C16H27N3O4. The highest BCUT2D eigenvalue weighted by Crippen LogP contribution is 2.24. The second-order valence-corrected chi connectivity index (χ2v) is 6.40. The van der Waals surface area contributed by atoms with Crippen molar-refractivity contribution in [2.24, 2.45) is 5.92 Å². The number of nitrogens with zero attached hydrogens (tertiary/aromatic N) is 3. The summed E-state index contributed by atoms with van der Waals surface area (Å²) in [5.74, 6) is 1.55. The van der Waals surface area contributed by atoms with Crippen molar-refractivity contribution in [3.8, 4) is 0 Å². The lowest BCUT2D eigenvalue weighted by Crippen LogP contribution is -2.44. The number of carbonyl (C=O) groups excluding carboxylic acids is 1. The number of morpholine rings is 1. The van der Waals surface area contributed by atoms with Crippen molar-refractivity contribution in [1.29, 1.82) is 0 Å². The van der Waals surface area contributed by atoms with Crippen LogP contribution in [0.2, 0.25) is 0 Å². The van der Waals surface area contributed by atoms with Crippen LogP contribution >= 0.6 is 0 Å². The van der Waals surface area contributed by atoms with Gasteiger partial charge >= 0.3 is 0 Å². The lowest BCUT2D eigenvalue weighted by atomic mass is 10.1. The van der Waals surface area contributed by atoms with Gasteiger partial charge in [0.2, 0.25) is 17.7 Å². The van der Waals surface area contributed by atoms with Crippen LogP contribution in [0.1, 0.15) is 51.4 Å². The van der Waals surface area contributed by atoms with Gasteiger partial charge in [0.15, 0.2) is 0 Å². The summed E-state index contributed by atoms with van der Waals surface area (Å²) in [6.07, 6.45) is 1.52. The van der Waals surface area contributed by atoms with Gasteiger partial charge < -0.3 is 18.8 Å². The van der Waals surface area contributed by atoms with Crippen LogP contribution in [0.4, 0.5) is 0 Å². The largest absolute Gasteiger partial charge is 0.423 e. The Kier molecular flexibility index (Phi) is 6.53. The van der Waals surface area contributed by atoms with Crippen LogP contribution in [0, 0.1) is 12.8 Å². The Labute approximate surface area is 137 Å². The Morgan fingerprint density at radius 2 is 2.17 bits per heavy atom. The minimum absolute atomic E-state index is 0.0332. The van der Waals surface area contributed by atoms with E-state index < -0.39 is 0 Å². The molecule has 0 spiro atoms. The van der Waals surface area contributed by atoms with Crippen LogP contribution in [0.3, 0.4) is 0 Å². The number of hydrogen-bond donors (Lipinski definition) is 0. The van der Waals surface area contributed by atoms with Gasteiger partial charge in [-0.2, -0.15) is 0 Å². The highest BCUT2D eigenvalue weighted by Gasteiger charge is 2.32. The molecule has 23 heavy (non-hydrogen) atoms. The second-order valence-electron chi connectivity index (χ2n) is 6.40. The number of aryl methyl sites for hydroxylation is 1. The number of carbonyl (C=O) groups is 1. The molecule has 0 saturated carbocycles. The van der Waals surface area contributed by atoms with Crippen molar-refractivity contribution in [3.63, 3.8) is 0 Å². The van der Waals surface area contributed by atoms with E-state index in [1.807, 2.05) is 6.92 Å². The van der Waals surface area contributed by atoms with E-state index >= 15 is 0 Å². The minimum Gasteiger partial charge on any atom is -0.423 e. The average Bonchev–Trinajstić information content (AvgIpc) is 2.93. The van der Waals surface area contributed by atoms with Crippen LogP contribution in [-0.2, 0) is 14.3 Å². The number of hydrogen-bond acceptors (Lipinski definition) is 6. The van der Waals surface area contributed by atoms with E-state index in [1.165, 1.54) is 0 Å². The smallest absolute Gasteiger partial charge is 0.241 e. The molecule has 1 amide bonds. The fourth-order valence-corrected chi connectivity index (χ4v) is 2.78. The molecule has 0 unspecified atom stereocenters. The highest BCUT2D eigenvalue weighted by molar-refractivity contribution is 5.76. The number of ether oxygens (including phenoxy) is 2. The van der Waals surface area contributed by atoms with Crippen molar-refractivity contribution in [2.45, 2.75) is 52.7 Å². The zero-order valence-corrected chi connectivity index (χ0v) is 14.4. The molecule has 2 heterocycles. The molecule has 130 valence electrons. The lowest BCUT2D eigenvalue weighted by Gasteiger charge is -2.33. The first-order valence-corrected chi connectivity index (χ1v) is 8.26. The molecule has 0 bridgehead atoms. The van der Waals surface area contributed by atoms with E-state index in [2.05, 4.69) is 24.0 Å². The molecule has 0 N–H and O–H groups in total. The van der Waals surface area contributed by atoms with Gasteiger partial charge in [-0.25, -0.2) is 0 Å². The summed E-state index contributed by atoms with van der Waals surface area (Å²) in [5, 5.41) is 7.86. The SMILES string of the molecule is Cc1nnc([C@H]2COCCN2C(=O)CCO[C@@H](C)CC(C)C)o1. The summed E-state index contributed by atoms with van der Waals surface area (Å²) < 4.78 is 16.7. The van der Waals surface area contributed by atoms with Gasteiger partial charge in [0.25, 0.3) is 0 Å². The van der Waals surface area contributed by atoms with E-state index in [1.54, 1.807) is 11.8 Å². The fourth-order valence-electron chi connectivity index (χ4n) is 2.78. The maximum Gasteiger partial charge on any atom is 0.241 e. The Hall–Kier alpha value is -1.47. The number of aromatic nitrogens is 2. The predicted octanol–water partition coefficient (Wildman–Crippen LogP) is 2.12. The first-order chi connectivity index (χ1) is 11.0. The third-order valence-corrected chi connectivity index (χ3v) is 3.80. The van der Waals surface area contributed by atoms with Gasteiger partial charge in [-0.05, 0) is 19.3 Å². The maximum atomic E-state index is 12.5. The molecule has 1 aromatic rings. The summed E-state index contributed by atoms with van der Waals surface area (Å²) >= 11 is 0. The normalized spacial score (nSPS) is 20.0. The molecule has 2 rings (SSSR count). The minimum atomic E-state index is -0.300. The van der Waals surface area contributed by atoms with E-state index in [0.29, 0.717) is 50.5 Å². The van der Waals surface area contributed by atoms with Crippen molar-refractivity contribution in [2.75, 3.05) is 26.4 Å². The average molecular weight is 325 g/mol. The quantitative estimate of drug-likeness (QED) is 0.764. The van der Waals surface area contributed by atoms with Gasteiger partial charge in [-0.3, -0.25) is 4.79 Å². The highest BCUT2D eigenvalue weighted by atomic mass is 16.5. The Morgan fingerprint density at radius 3 is 2.83 bits per heavy atom. The van der Waals surface area contributed by atoms with Crippen LogP contribution < -0.4 is 0 Å². The summed E-state index contributed by atoms with van der Waals surface area (Å²) in [4.78, 5) is 14.2. The van der Waals surface area contributed by atoms with Gasteiger partial charge in [0.1, 0.15) is 6.04 Å². The Balaban J connectivity index is 1.86. The molecule has 1 aliphatic heterocycles. The molecule has 1 aromatic heterocycles. The fraction of sp³-hybridized carbons (Fsp3) is 0.812. The van der Waals surface area contributed by atoms with Gasteiger partial charge in [-0.1, -0.05) is 13.8 Å². The molecular weight excluding hydrogens is 298 g/mol. The van der Waals surface area contributed by atoms with Gasteiger partial charge in [-0.15, -0.1) is 10.2 Å². The second kappa shape index (κ2) is 8.40. The first-order valence-electron chi connectivity index (χ1n) is 8.26. The molecule has 7 heteroatoms. The molecule has 1 aliphatic rings. The molecule has 0 aliphatic carbocycles. The number of amides is 1.